The Bertz CT molecular complexity index is 1520. The molecule has 0 saturated heterocycles. The molecule has 35 heavy (non-hydrogen) atoms. The molecule has 5 nitrogen and oxygen atoms in total. The Labute approximate surface area is 211 Å². The van der Waals surface area contributed by atoms with E-state index in [0.717, 1.165) is 37.8 Å². The highest BCUT2D eigenvalue weighted by Gasteiger charge is 2.18. The third-order valence-electron chi connectivity index (χ3n) is 5.56. The van der Waals surface area contributed by atoms with E-state index in [0.29, 0.717) is 9.99 Å². The van der Waals surface area contributed by atoms with Gasteiger partial charge in [-0.05, 0) is 58.9 Å². The van der Waals surface area contributed by atoms with Crippen molar-refractivity contribution in [3.63, 3.8) is 0 Å². The summed E-state index contributed by atoms with van der Waals surface area (Å²) in [6.45, 7) is 0.258. The van der Waals surface area contributed by atoms with Gasteiger partial charge in [0, 0.05) is 28.0 Å². The van der Waals surface area contributed by atoms with Gasteiger partial charge in [-0.2, -0.15) is 0 Å². The molecule has 3 N–H and O–H groups in total. The fraction of sp³-hybridized carbons (Fsp3) is 0.0357. The van der Waals surface area contributed by atoms with Gasteiger partial charge in [0.15, 0.2) is 5.11 Å². The average molecular weight is 496 g/mol. The second kappa shape index (κ2) is 10.0. The van der Waals surface area contributed by atoms with Crippen LogP contribution in [0, 0.1) is 0 Å². The van der Waals surface area contributed by atoms with Crippen molar-refractivity contribution < 1.29 is 9.59 Å². The minimum atomic E-state index is -0.612. The molecule has 0 aliphatic heterocycles. The Morgan fingerprint density at radius 1 is 0.771 bits per heavy atom. The van der Waals surface area contributed by atoms with Crippen LogP contribution in [0.2, 0.25) is 0 Å². The van der Waals surface area contributed by atoms with E-state index in [1.54, 1.807) is 6.07 Å². The van der Waals surface area contributed by atoms with Crippen molar-refractivity contribution in [2.24, 2.45) is 0 Å². The molecule has 0 bridgehead atoms. The second-order valence-corrected chi connectivity index (χ2v) is 9.46. The molecule has 0 radical (unpaired) electrons. The Balaban J connectivity index is 1.16. The van der Waals surface area contributed by atoms with Crippen molar-refractivity contribution in [3.05, 3.63) is 108 Å². The van der Waals surface area contributed by atoms with Gasteiger partial charge in [0.1, 0.15) is 0 Å². The minimum absolute atomic E-state index is 0.258. The van der Waals surface area contributed by atoms with Crippen molar-refractivity contribution >= 4 is 72.6 Å². The van der Waals surface area contributed by atoms with Crippen LogP contribution in [-0.2, 0) is 11.3 Å². The first-order valence-corrected chi connectivity index (χ1v) is 12.2. The Kier molecular flexibility index (Phi) is 6.52. The van der Waals surface area contributed by atoms with Crippen LogP contribution in [-0.4, -0.2) is 16.8 Å². The first-order valence-electron chi connectivity index (χ1n) is 11.0. The van der Waals surface area contributed by atoms with Gasteiger partial charge in [-0.25, -0.2) is 0 Å². The van der Waals surface area contributed by atoms with Crippen molar-refractivity contribution in [1.82, 2.24) is 5.32 Å². The first-order chi connectivity index (χ1) is 17.1. The van der Waals surface area contributed by atoms with Gasteiger partial charge in [-0.1, -0.05) is 66.7 Å². The number of anilines is 2. The molecule has 1 aromatic heterocycles. The molecule has 5 aromatic rings. The van der Waals surface area contributed by atoms with E-state index in [4.69, 9.17) is 12.2 Å². The number of rotatable bonds is 6. The number of hydrogen-bond donors (Lipinski definition) is 3. The molecule has 0 unspecified atom stereocenters. The SMILES string of the molecule is O=C(NCc1ccc(NC(=S)Nc2cccc3ccccc23)cc1)C(=O)c1cc2ccccc2s1. The van der Waals surface area contributed by atoms with Gasteiger partial charge in [-0.3, -0.25) is 9.59 Å². The maximum Gasteiger partial charge on any atom is 0.293 e. The highest BCUT2D eigenvalue weighted by atomic mass is 32.1. The number of ketones is 1. The van der Waals surface area contributed by atoms with E-state index in [1.165, 1.54) is 11.3 Å². The van der Waals surface area contributed by atoms with Gasteiger partial charge in [-0.15, -0.1) is 11.3 Å². The Morgan fingerprint density at radius 3 is 2.29 bits per heavy atom. The summed E-state index contributed by atoms with van der Waals surface area (Å²) in [5.74, 6) is -1.13. The monoisotopic (exact) mass is 495 g/mol. The molecule has 0 aliphatic rings. The number of carbonyl (C=O) groups excluding carboxylic acids is 2. The van der Waals surface area contributed by atoms with Crippen molar-refractivity contribution in [2.45, 2.75) is 6.54 Å². The molecule has 7 heteroatoms. The maximum atomic E-state index is 12.5. The Hall–Kier alpha value is -4.07. The topological polar surface area (TPSA) is 70.2 Å². The van der Waals surface area contributed by atoms with Gasteiger partial charge in [0.05, 0.1) is 4.88 Å². The standard InChI is InChI=1S/C28H21N3O2S2/c32-26(25-16-20-7-2-4-11-24(20)35-25)27(33)29-17-18-12-14-21(15-13-18)30-28(34)31-23-10-5-8-19-6-1-3-9-22(19)23/h1-16H,17H2,(H,29,33)(H2,30,31,34). The van der Waals surface area contributed by atoms with E-state index in [9.17, 15) is 9.59 Å². The number of fused-ring (bicyclic) bond motifs is 2. The van der Waals surface area contributed by atoms with Crippen LogP contribution in [0.25, 0.3) is 20.9 Å². The highest BCUT2D eigenvalue weighted by Crippen LogP contribution is 2.26. The van der Waals surface area contributed by atoms with Crippen LogP contribution in [0.3, 0.4) is 0 Å². The minimum Gasteiger partial charge on any atom is -0.345 e. The summed E-state index contributed by atoms with van der Waals surface area (Å²) in [6, 6.07) is 31.1. The summed E-state index contributed by atoms with van der Waals surface area (Å²) in [5, 5.41) is 12.8. The van der Waals surface area contributed by atoms with Crippen LogP contribution in [0.5, 0.6) is 0 Å². The van der Waals surface area contributed by atoms with Crippen LogP contribution in [0.15, 0.2) is 97.1 Å². The largest absolute Gasteiger partial charge is 0.345 e. The smallest absolute Gasteiger partial charge is 0.293 e. The predicted octanol–water partition coefficient (Wildman–Crippen LogP) is 6.36. The number of carbonyl (C=O) groups is 2. The van der Waals surface area contributed by atoms with Crippen molar-refractivity contribution in [1.29, 1.82) is 0 Å². The summed E-state index contributed by atoms with van der Waals surface area (Å²) in [4.78, 5) is 25.3. The number of thiophene rings is 1. The summed E-state index contributed by atoms with van der Waals surface area (Å²) in [6.07, 6.45) is 0. The zero-order chi connectivity index (χ0) is 24.2. The van der Waals surface area contributed by atoms with E-state index in [1.807, 2.05) is 72.8 Å². The highest BCUT2D eigenvalue weighted by molar-refractivity contribution is 7.80. The fourth-order valence-corrected chi connectivity index (χ4v) is 5.02. The van der Waals surface area contributed by atoms with Crippen LogP contribution in [0.1, 0.15) is 15.2 Å². The van der Waals surface area contributed by atoms with Gasteiger partial charge in [0.2, 0.25) is 0 Å². The van der Waals surface area contributed by atoms with Gasteiger partial charge < -0.3 is 16.0 Å². The normalized spacial score (nSPS) is 10.7. The lowest BCUT2D eigenvalue weighted by atomic mass is 10.1. The molecular formula is C28H21N3O2S2. The third-order valence-corrected chi connectivity index (χ3v) is 6.88. The molecular weight excluding hydrogens is 474 g/mol. The Morgan fingerprint density at radius 2 is 1.49 bits per heavy atom. The molecule has 1 amide bonds. The predicted molar refractivity (Wildman–Crippen MR) is 148 cm³/mol. The summed E-state index contributed by atoms with van der Waals surface area (Å²) in [7, 11) is 0. The molecule has 0 atom stereocenters. The number of nitrogens with one attached hydrogen (secondary N) is 3. The lowest BCUT2D eigenvalue weighted by molar-refractivity contribution is -0.117. The van der Waals surface area contributed by atoms with Crippen molar-refractivity contribution in [3.8, 4) is 0 Å². The molecule has 0 fully saturated rings. The first kappa shape index (κ1) is 22.7. The molecule has 1 heterocycles. The number of amides is 1. The van der Waals surface area contributed by atoms with Gasteiger partial charge >= 0.3 is 0 Å². The third kappa shape index (κ3) is 5.21. The van der Waals surface area contributed by atoms with Crippen LogP contribution >= 0.6 is 23.6 Å². The van der Waals surface area contributed by atoms with Crippen molar-refractivity contribution in [2.75, 3.05) is 10.6 Å². The molecule has 0 spiro atoms. The average Bonchev–Trinajstić information content (AvgIpc) is 3.32. The summed E-state index contributed by atoms with van der Waals surface area (Å²) < 4.78 is 0.986. The lowest BCUT2D eigenvalue weighted by Gasteiger charge is -2.13. The molecule has 172 valence electrons. The molecule has 5 rings (SSSR count). The zero-order valence-electron chi connectivity index (χ0n) is 18.6. The van der Waals surface area contributed by atoms with E-state index >= 15 is 0 Å². The second-order valence-electron chi connectivity index (χ2n) is 7.96. The fourth-order valence-electron chi connectivity index (χ4n) is 3.79. The maximum absolute atomic E-state index is 12.5. The van der Waals surface area contributed by atoms with Crippen LogP contribution < -0.4 is 16.0 Å². The van der Waals surface area contributed by atoms with E-state index in [2.05, 4.69) is 34.1 Å². The number of thiocarbonyl (C=S) groups is 1. The quantitative estimate of drug-likeness (QED) is 0.145. The van der Waals surface area contributed by atoms with Crippen LogP contribution in [0.4, 0.5) is 11.4 Å². The number of hydrogen-bond acceptors (Lipinski definition) is 4. The molecule has 0 saturated carbocycles. The summed E-state index contributed by atoms with van der Waals surface area (Å²) in [5.41, 5.74) is 2.63. The molecule has 0 aliphatic carbocycles. The van der Waals surface area contributed by atoms with Gasteiger partial charge in [0.25, 0.3) is 11.7 Å². The molecule has 4 aromatic carbocycles. The lowest BCUT2D eigenvalue weighted by Crippen LogP contribution is -2.30. The van der Waals surface area contributed by atoms with E-state index in [-0.39, 0.29) is 6.54 Å². The summed E-state index contributed by atoms with van der Waals surface area (Å²) >= 11 is 6.81. The number of benzene rings is 4. The number of Topliss-reactive ketones (excluding diaryl/α,β-unsaturated/α-hetero) is 1. The zero-order valence-corrected chi connectivity index (χ0v) is 20.2. The van der Waals surface area contributed by atoms with E-state index < -0.39 is 11.7 Å².